The summed E-state index contributed by atoms with van der Waals surface area (Å²) in [5.41, 5.74) is 0. The van der Waals surface area contributed by atoms with E-state index < -0.39 is 0 Å². The number of hydrogen-bond acceptors (Lipinski definition) is 4. The molecule has 1 fully saturated rings. The third-order valence-electron chi connectivity index (χ3n) is 3.92. The summed E-state index contributed by atoms with van der Waals surface area (Å²) in [6, 6.07) is 0.557. The molecule has 1 unspecified atom stereocenters. The molecule has 1 aliphatic heterocycles. The maximum atomic E-state index is 12.0. The van der Waals surface area contributed by atoms with Crippen molar-refractivity contribution in [2.45, 2.75) is 58.1 Å². The second kappa shape index (κ2) is 11.0. The lowest BCUT2D eigenvalue weighted by molar-refractivity contribution is -0.123. The molecule has 5 nitrogen and oxygen atoms in total. The van der Waals surface area contributed by atoms with Crippen LogP contribution in [-0.4, -0.2) is 62.8 Å². The second-order valence-electron chi connectivity index (χ2n) is 6.14. The molecule has 1 atom stereocenters. The molecule has 0 spiro atoms. The molecule has 5 heteroatoms. The molecule has 124 valence electrons. The van der Waals surface area contributed by atoms with Gasteiger partial charge in [-0.2, -0.15) is 0 Å². The number of likely N-dealkylation sites (tertiary alicyclic amines) is 1. The number of piperidine rings is 1. The lowest BCUT2D eigenvalue weighted by atomic mass is 9.99. The molecule has 0 aromatic heterocycles. The maximum Gasteiger partial charge on any atom is 0.234 e. The largest absolute Gasteiger partial charge is 0.379 e. The summed E-state index contributed by atoms with van der Waals surface area (Å²) in [5, 5.41) is 6.21. The number of ether oxygens (including phenoxy) is 1. The Hall–Kier alpha value is -0.650. The summed E-state index contributed by atoms with van der Waals surface area (Å²) in [6.45, 7) is 8.10. The van der Waals surface area contributed by atoms with Gasteiger partial charge in [-0.1, -0.05) is 6.42 Å². The summed E-state index contributed by atoms with van der Waals surface area (Å²) < 4.78 is 5.47. The van der Waals surface area contributed by atoms with Crippen LogP contribution in [0.5, 0.6) is 0 Å². The van der Waals surface area contributed by atoms with Crippen LogP contribution in [0, 0.1) is 0 Å². The zero-order valence-corrected chi connectivity index (χ0v) is 14.0. The Labute approximate surface area is 129 Å². The molecule has 0 saturated carbocycles. The highest BCUT2D eigenvalue weighted by Crippen LogP contribution is 2.18. The molecular weight excluding hydrogens is 266 g/mol. The van der Waals surface area contributed by atoms with Crippen molar-refractivity contribution < 1.29 is 9.53 Å². The molecular formula is C16H33N3O2. The van der Waals surface area contributed by atoms with Gasteiger partial charge in [-0.25, -0.2) is 0 Å². The van der Waals surface area contributed by atoms with Crippen LogP contribution in [0.2, 0.25) is 0 Å². The van der Waals surface area contributed by atoms with E-state index in [2.05, 4.69) is 15.5 Å². The van der Waals surface area contributed by atoms with Crippen LogP contribution in [0.15, 0.2) is 0 Å². The van der Waals surface area contributed by atoms with Crippen LogP contribution in [0.4, 0.5) is 0 Å². The van der Waals surface area contributed by atoms with Crippen molar-refractivity contribution in [2.75, 3.05) is 39.8 Å². The maximum absolute atomic E-state index is 12.0. The Morgan fingerprint density at radius 1 is 1.33 bits per heavy atom. The summed E-state index contributed by atoms with van der Waals surface area (Å²) >= 11 is 0. The summed E-state index contributed by atoms with van der Waals surface area (Å²) in [6.07, 6.45) is 6.00. The minimum Gasteiger partial charge on any atom is -0.379 e. The second-order valence-corrected chi connectivity index (χ2v) is 6.14. The SMILES string of the molecule is CNCCC1CCCCN1CC(=O)NCCCOC(C)C. The zero-order valence-electron chi connectivity index (χ0n) is 14.0. The number of hydrogen-bond donors (Lipinski definition) is 2. The molecule has 0 bridgehead atoms. The molecule has 1 rings (SSSR count). The van der Waals surface area contributed by atoms with E-state index in [1.165, 1.54) is 19.3 Å². The summed E-state index contributed by atoms with van der Waals surface area (Å²) in [4.78, 5) is 14.4. The molecule has 0 aromatic carbocycles. The van der Waals surface area contributed by atoms with Crippen molar-refractivity contribution in [1.82, 2.24) is 15.5 Å². The first-order valence-electron chi connectivity index (χ1n) is 8.40. The third kappa shape index (κ3) is 8.39. The topological polar surface area (TPSA) is 53.6 Å². The predicted molar refractivity (Wildman–Crippen MR) is 86.5 cm³/mol. The standard InChI is InChI=1S/C16H33N3O2/c1-14(2)21-12-6-9-18-16(20)13-19-11-5-4-7-15(19)8-10-17-3/h14-15,17H,4-13H2,1-3H3,(H,18,20). The minimum absolute atomic E-state index is 0.149. The number of carbonyl (C=O) groups is 1. The molecule has 1 aliphatic rings. The smallest absolute Gasteiger partial charge is 0.234 e. The van der Waals surface area contributed by atoms with Crippen LogP contribution < -0.4 is 10.6 Å². The van der Waals surface area contributed by atoms with Gasteiger partial charge in [0, 0.05) is 19.2 Å². The lowest BCUT2D eigenvalue weighted by Crippen LogP contribution is -2.46. The van der Waals surface area contributed by atoms with Crippen LogP contribution in [0.25, 0.3) is 0 Å². The fraction of sp³-hybridized carbons (Fsp3) is 0.938. The minimum atomic E-state index is 0.149. The van der Waals surface area contributed by atoms with Gasteiger partial charge in [0.25, 0.3) is 0 Å². The van der Waals surface area contributed by atoms with Gasteiger partial charge in [-0.05, 0) is 59.7 Å². The van der Waals surface area contributed by atoms with E-state index in [-0.39, 0.29) is 12.0 Å². The lowest BCUT2D eigenvalue weighted by Gasteiger charge is -2.35. The number of rotatable bonds is 10. The van der Waals surface area contributed by atoms with E-state index in [0.717, 1.165) is 25.9 Å². The predicted octanol–water partition coefficient (Wildman–Crippen LogP) is 1.38. The number of nitrogens with one attached hydrogen (secondary N) is 2. The van der Waals surface area contributed by atoms with Crippen molar-refractivity contribution in [2.24, 2.45) is 0 Å². The Morgan fingerprint density at radius 3 is 2.86 bits per heavy atom. The van der Waals surface area contributed by atoms with E-state index in [0.29, 0.717) is 25.7 Å². The molecule has 2 N–H and O–H groups in total. The Balaban J connectivity index is 2.18. The van der Waals surface area contributed by atoms with Gasteiger partial charge >= 0.3 is 0 Å². The van der Waals surface area contributed by atoms with E-state index in [1.54, 1.807) is 0 Å². The Morgan fingerprint density at radius 2 is 2.14 bits per heavy atom. The van der Waals surface area contributed by atoms with Crippen molar-refractivity contribution in [3.8, 4) is 0 Å². The first-order chi connectivity index (χ1) is 10.1. The Kier molecular flexibility index (Phi) is 9.63. The van der Waals surface area contributed by atoms with Crippen LogP contribution in [0.3, 0.4) is 0 Å². The number of amides is 1. The van der Waals surface area contributed by atoms with Gasteiger partial charge in [0.1, 0.15) is 0 Å². The van der Waals surface area contributed by atoms with Crippen LogP contribution >= 0.6 is 0 Å². The van der Waals surface area contributed by atoms with E-state index in [9.17, 15) is 4.79 Å². The van der Waals surface area contributed by atoms with Gasteiger partial charge in [0.2, 0.25) is 5.91 Å². The van der Waals surface area contributed by atoms with Gasteiger partial charge in [0.15, 0.2) is 0 Å². The molecule has 21 heavy (non-hydrogen) atoms. The molecule has 0 aromatic rings. The first-order valence-corrected chi connectivity index (χ1v) is 8.40. The summed E-state index contributed by atoms with van der Waals surface area (Å²) in [5.74, 6) is 0.149. The fourth-order valence-electron chi connectivity index (χ4n) is 2.77. The highest BCUT2D eigenvalue weighted by Gasteiger charge is 2.23. The third-order valence-corrected chi connectivity index (χ3v) is 3.92. The highest BCUT2D eigenvalue weighted by molar-refractivity contribution is 5.78. The van der Waals surface area contributed by atoms with Gasteiger partial charge in [-0.3, -0.25) is 9.69 Å². The van der Waals surface area contributed by atoms with E-state index >= 15 is 0 Å². The van der Waals surface area contributed by atoms with E-state index in [4.69, 9.17) is 4.74 Å². The van der Waals surface area contributed by atoms with Gasteiger partial charge in [-0.15, -0.1) is 0 Å². The summed E-state index contributed by atoms with van der Waals surface area (Å²) in [7, 11) is 1.99. The zero-order chi connectivity index (χ0) is 15.5. The number of nitrogens with zero attached hydrogens (tertiary/aromatic N) is 1. The van der Waals surface area contributed by atoms with E-state index in [1.807, 2.05) is 20.9 Å². The van der Waals surface area contributed by atoms with Gasteiger partial charge < -0.3 is 15.4 Å². The average Bonchev–Trinajstić information content (AvgIpc) is 2.45. The van der Waals surface area contributed by atoms with Crippen molar-refractivity contribution >= 4 is 5.91 Å². The van der Waals surface area contributed by atoms with Gasteiger partial charge in [0.05, 0.1) is 12.6 Å². The fourth-order valence-corrected chi connectivity index (χ4v) is 2.77. The quantitative estimate of drug-likeness (QED) is 0.599. The number of carbonyl (C=O) groups excluding carboxylic acids is 1. The average molecular weight is 299 g/mol. The van der Waals surface area contributed by atoms with Crippen molar-refractivity contribution in [1.29, 1.82) is 0 Å². The molecule has 0 radical (unpaired) electrons. The molecule has 1 amide bonds. The van der Waals surface area contributed by atoms with Crippen molar-refractivity contribution in [3.63, 3.8) is 0 Å². The molecule has 1 heterocycles. The monoisotopic (exact) mass is 299 g/mol. The van der Waals surface area contributed by atoms with Crippen molar-refractivity contribution in [3.05, 3.63) is 0 Å². The van der Waals surface area contributed by atoms with Crippen LogP contribution in [-0.2, 0) is 9.53 Å². The highest BCUT2D eigenvalue weighted by atomic mass is 16.5. The normalized spacial score (nSPS) is 19.9. The first kappa shape index (κ1) is 18.4. The Bertz CT molecular complexity index is 285. The molecule has 1 saturated heterocycles. The molecule has 0 aliphatic carbocycles. The van der Waals surface area contributed by atoms with Crippen LogP contribution in [0.1, 0.15) is 46.0 Å².